The van der Waals surface area contributed by atoms with Crippen LogP contribution < -0.4 is 4.74 Å². The van der Waals surface area contributed by atoms with Gasteiger partial charge in [-0.25, -0.2) is 4.79 Å². The number of nitrogens with zero attached hydrogens (tertiary/aromatic N) is 1. The number of methoxy groups -OCH3 is 1. The fourth-order valence-corrected chi connectivity index (χ4v) is 1.98. The minimum absolute atomic E-state index is 0.193. The molecule has 0 saturated heterocycles. The van der Waals surface area contributed by atoms with Crippen LogP contribution in [0.25, 0.3) is 10.9 Å². The number of benzene rings is 1. The van der Waals surface area contributed by atoms with Gasteiger partial charge in [0, 0.05) is 11.5 Å². The summed E-state index contributed by atoms with van der Waals surface area (Å²) in [6, 6.07) is 6.99. The quantitative estimate of drug-likeness (QED) is 0.912. The maximum Gasteiger partial charge on any atom is 0.353 e. The van der Waals surface area contributed by atoms with Crippen LogP contribution in [0.1, 0.15) is 10.5 Å². The summed E-state index contributed by atoms with van der Waals surface area (Å²) in [4.78, 5) is 10.9. The summed E-state index contributed by atoms with van der Waals surface area (Å²) in [7, 11) is 1.57. The first kappa shape index (κ1) is 10.0. The molecule has 5 heteroatoms. The summed E-state index contributed by atoms with van der Waals surface area (Å²) in [5, 5.41) is 9.76. The number of hydrogen-bond acceptors (Lipinski definition) is 2. The number of carbonyl (C=O) groups is 1. The number of hydrogen-bond donors (Lipinski definition) is 1. The Labute approximate surface area is 94.4 Å². The van der Waals surface area contributed by atoms with E-state index >= 15 is 0 Å². The number of aromatic carboxylic acids is 1. The number of carboxylic acids is 1. The zero-order valence-corrected chi connectivity index (χ0v) is 9.48. The normalized spacial score (nSPS) is 10.5. The van der Waals surface area contributed by atoms with Crippen molar-refractivity contribution in [1.29, 1.82) is 0 Å². The summed E-state index contributed by atoms with van der Waals surface area (Å²) < 4.78 is 6.52. The van der Waals surface area contributed by atoms with Gasteiger partial charge < -0.3 is 9.84 Å². The zero-order chi connectivity index (χ0) is 11.0. The largest absolute Gasteiger partial charge is 0.497 e. The minimum atomic E-state index is -0.970. The zero-order valence-electron chi connectivity index (χ0n) is 7.90. The number of carboxylic acid groups (broad SMARTS) is 1. The molecular formula is C10H8BrNO3. The van der Waals surface area contributed by atoms with Crippen LogP contribution in [-0.4, -0.2) is 21.8 Å². The molecule has 2 aromatic rings. The summed E-state index contributed by atoms with van der Waals surface area (Å²) in [6.07, 6.45) is 0. The molecule has 2 rings (SSSR count). The molecule has 1 aromatic heterocycles. The molecule has 0 amide bonds. The standard InChI is InChI=1S/C10H8BrNO3/c1-15-7-3-2-6-4-9(10(13)14)12(11)8(6)5-7/h2-5H,1H3,(H,13,14). The molecule has 78 valence electrons. The van der Waals surface area contributed by atoms with E-state index < -0.39 is 5.97 Å². The Morgan fingerprint density at radius 3 is 2.80 bits per heavy atom. The Morgan fingerprint density at radius 2 is 2.20 bits per heavy atom. The summed E-state index contributed by atoms with van der Waals surface area (Å²) in [6.45, 7) is 0. The molecule has 15 heavy (non-hydrogen) atoms. The fourth-order valence-electron chi connectivity index (χ4n) is 1.42. The lowest BCUT2D eigenvalue weighted by Gasteiger charge is -2.00. The van der Waals surface area contributed by atoms with Gasteiger partial charge in [0.15, 0.2) is 0 Å². The van der Waals surface area contributed by atoms with E-state index in [1.807, 2.05) is 6.07 Å². The maximum absolute atomic E-state index is 10.9. The van der Waals surface area contributed by atoms with Crippen LogP contribution in [0.15, 0.2) is 24.3 Å². The van der Waals surface area contributed by atoms with Crippen LogP contribution >= 0.6 is 16.1 Å². The molecule has 0 bridgehead atoms. The van der Waals surface area contributed by atoms with E-state index in [0.29, 0.717) is 5.75 Å². The molecule has 0 radical (unpaired) electrons. The van der Waals surface area contributed by atoms with Crippen molar-refractivity contribution in [3.8, 4) is 5.75 Å². The summed E-state index contributed by atoms with van der Waals surface area (Å²) in [5.74, 6) is -0.278. The van der Waals surface area contributed by atoms with E-state index in [-0.39, 0.29) is 5.69 Å². The maximum atomic E-state index is 10.9. The van der Waals surface area contributed by atoms with E-state index in [1.54, 1.807) is 25.3 Å². The fraction of sp³-hybridized carbons (Fsp3) is 0.100. The number of fused-ring (bicyclic) bond motifs is 1. The number of ether oxygens (including phenoxy) is 1. The molecule has 0 fully saturated rings. The van der Waals surface area contributed by atoms with E-state index in [0.717, 1.165) is 10.9 Å². The average molecular weight is 270 g/mol. The van der Waals surface area contributed by atoms with E-state index in [2.05, 4.69) is 16.1 Å². The van der Waals surface area contributed by atoms with Crippen molar-refractivity contribution >= 4 is 33.0 Å². The third-order valence-electron chi connectivity index (χ3n) is 2.17. The Bertz CT molecular complexity index is 533. The lowest BCUT2D eigenvalue weighted by Crippen LogP contribution is -1.99. The van der Waals surface area contributed by atoms with Gasteiger partial charge in [-0.2, -0.15) is 0 Å². The van der Waals surface area contributed by atoms with Crippen LogP contribution in [0, 0.1) is 0 Å². The lowest BCUT2D eigenvalue weighted by atomic mass is 10.2. The molecule has 1 heterocycles. The van der Waals surface area contributed by atoms with Crippen LogP contribution in [0.4, 0.5) is 0 Å². The highest BCUT2D eigenvalue weighted by Crippen LogP contribution is 2.26. The van der Waals surface area contributed by atoms with Crippen LogP contribution in [-0.2, 0) is 0 Å². The first-order chi connectivity index (χ1) is 7.13. The molecule has 0 aliphatic rings. The Hall–Kier alpha value is -1.49. The summed E-state index contributed by atoms with van der Waals surface area (Å²) >= 11 is 3.20. The first-order valence-electron chi connectivity index (χ1n) is 4.22. The number of rotatable bonds is 2. The lowest BCUT2D eigenvalue weighted by molar-refractivity contribution is 0.0690. The van der Waals surface area contributed by atoms with E-state index in [9.17, 15) is 4.79 Å². The van der Waals surface area contributed by atoms with Crippen molar-refractivity contribution in [2.24, 2.45) is 0 Å². The average Bonchev–Trinajstić information content (AvgIpc) is 2.56. The van der Waals surface area contributed by atoms with Gasteiger partial charge in [-0.15, -0.1) is 0 Å². The highest BCUT2D eigenvalue weighted by atomic mass is 79.9. The van der Waals surface area contributed by atoms with E-state index in [4.69, 9.17) is 9.84 Å². The monoisotopic (exact) mass is 269 g/mol. The smallest absolute Gasteiger partial charge is 0.353 e. The second kappa shape index (κ2) is 3.58. The second-order valence-electron chi connectivity index (χ2n) is 3.04. The van der Waals surface area contributed by atoms with Crippen molar-refractivity contribution in [3.63, 3.8) is 0 Å². The molecule has 0 atom stereocenters. The highest BCUT2D eigenvalue weighted by Gasteiger charge is 2.13. The van der Waals surface area contributed by atoms with Gasteiger partial charge in [0.25, 0.3) is 0 Å². The van der Waals surface area contributed by atoms with Crippen LogP contribution in [0.2, 0.25) is 0 Å². The van der Waals surface area contributed by atoms with Gasteiger partial charge in [0.05, 0.1) is 28.8 Å². The Kier molecular flexibility index (Phi) is 2.40. The number of halogens is 1. The predicted octanol–water partition coefficient (Wildman–Crippen LogP) is 2.51. The van der Waals surface area contributed by atoms with Crippen LogP contribution in [0.5, 0.6) is 5.75 Å². The third-order valence-corrected chi connectivity index (χ3v) is 2.94. The molecule has 0 saturated carbocycles. The van der Waals surface area contributed by atoms with Gasteiger partial charge in [0.2, 0.25) is 0 Å². The Balaban J connectivity index is 2.72. The minimum Gasteiger partial charge on any atom is -0.497 e. The SMILES string of the molecule is COc1ccc2cc(C(=O)O)n(Br)c2c1. The highest BCUT2D eigenvalue weighted by molar-refractivity contribution is 9.08. The molecule has 0 unspecified atom stereocenters. The molecule has 1 N–H and O–H groups in total. The molecule has 0 aliphatic heterocycles. The summed E-state index contributed by atoms with van der Waals surface area (Å²) in [5.41, 5.74) is 0.963. The van der Waals surface area contributed by atoms with Gasteiger partial charge >= 0.3 is 5.97 Å². The van der Waals surface area contributed by atoms with Crippen molar-refractivity contribution < 1.29 is 14.6 Å². The van der Waals surface area contributed by atoms with Crippen molar-refractivity contribution in [2.75, 3.05) is 7.11 Å². The molecule has 4 nitrogen and oxygen atoms in total. The van der Waals surface area contributed by atoms with Crippen molar-refractivity contribution in [1.82, 2.24) is 3.59 Å². The molecule has 1 aromatic carbocycles. The van der Waals surface area contributed by atoms with Crippen LogP contribution in [0.3, 0.4) is 0 Å². The number of aromatic nitrogens is 1. The molecule has 0 aliphatic carbocycles. The van der Waals surface area contributed by atoms with E-state index in [1.165, 1.54) is 3.59 Å². The molecular weight excluding hydrogens is 262 g/mol. The van der Waals surface area contributed by atoms with Crippen molar-refractivity contribution in [3.05, 3.63) is 30.0 Å². The van der Waals surface area contributed by atoms with Gasteiger partial charge in [0.1, 0.15) is 11.4 Å². The van der Waals surface area contributed by atoms with Crippen molar-refractivity contribution in [2.45, 2.75) is 0 Å². The van der Waals surface area contributed by atoms with Gasteiger partial charge in [-0.1, -0.05) is 0 Å². The topological polar surface area (TPSA) is 51.5 Å². The Morgan fingerprint density at radius 1 is 1.47 bits per heavy atom. The second-order valence-corrected chi connectivity index (χ2v) is 3.75. The van der Waals surface area contributed by atoms with Gasteiger partial charge in [-0.3, -0.25) is 3.59 Å². The predicted molar refractivity (Wildman–Crippen MR) is 59.8 cm³/mol. The van der Waals surface area contributed by atoms with Gasteiger partial charge in [-0.05, 0) is 18.2 Å². The molecule has 0 spiro atoms. The first-order valence-corrected chi connectivity index (χ1v) is 4.93. The third kappa shape index (κ3) is 1.59.